The molecule has 1 saturated carbocycles. The average Bonchev–Trinajstić information content (AvgIpc) is 3.03. The molecule has 172 valence electrons. The van der Waals surface area contributed by atoms with Gasteiger partial charge >= 0.3 is 5.97 Å². The van der Waals surface area contributed by atoms with E-state index in [2.05, 4.69) is 28.2 Å². The molecule has 3 amide bonds. The topological polar surface area (TPSA) is 92.8 Å². The Kier molecular flexibility index (Phi) is 6.86. The Morgan fingerprint density at radius 2 is 1.88 bits per heavy atom. The van der Waals surface area contributed by atoms with Gasteiger partial charge in [0.1, 0.15) is 0 Å². The van der Waals surface area contributed by atoms with Gasteiger partial charge in [0, 0.05) is 4.47 Å². The Hall–Kier alpha value is -2.71. The summed E-state index contributed by atoms with van der Waals surface area (Å²) in [6.45, 7) is 1.58. The number of hydrogen-bond donors (Lipinski definition) is 1. The third-order valence-corrected chi connectivity index (χ3v) is 6.87. The van der Waals surface area contributed by atoms with Crippen LogP contribution in [0.5, 0.6) is 0 Å². The molecule has 2 fully saturated rings. The number of hydrogen-bond acceptors (Lipinski definition) is 5. The summed E-state index contributed by atoms with van der Waals surface area (Å²) in [5.74, 6) is -1.90. The summed E-state index contributed by atoms with van der Waals surface area (Å²) >= 11 is 9.36. The lowest BCUT2D eigenvalue weighted by Gasteiger charge is -2.25. The third kappa shape index (κ3) is 4.96. The molecule has 1 heterocycles. The summed E-state index contributed by atoms with van der Waals surface area (Å²) in [6.07, 6.45) is 2.32. The zero-order valence-corrected chi connectivity index (χ0v) is 20.2. The van der Waals surface area contributed by atoms with Gasteiger partial charge in [-0.05, 0) is 61.6 Å². The second kappa shape index (κ2) is 9.65. The van der Waals surface area contributed by atoms with Crippen LogP contribution in [0.4, 0.5) is 11.4 Å². The number of benzene rings is 2. The van der Waals surface area contributed by atoms with Gasteiger partial charge in [-0.2, -0.15) is 0 Å². The number of ether oxygens (including phenoxy) is 1. The van der Waals surface area contributed by atoms with E-state index in [9.17, 15) is 19.2 Å². The molecule has 1 N–H and O–H groups in total. The van der Waals surface area contributed by atoms with Crippen molar-refractivity contribution in [1.82, 2.24) is 0 Å². The summed E-state index contributed by atoms with van der Waals surface area (Å²) in [4.78, 5) is 51.7. The monoisotopic (exact) mass is 532 g/mol. The van der Waals surface area contributed by atoms with Crippen molar-refractivity contribution < 1.29 is 23.9 Å². The molecule has 1 aliphatic carbocycles. The van der Waals surface area contributed by atoms with Gasteiger partial charge in [0.2, 0.25) is 11.8 Å². The van der Waals surface area contributed by atoms with E-state index in [1.54, 1.807) is 30.3 Å². The summed E-state index contributed by atoms with van der Waals surface area (Å²) < 4.78 is 5.88. The number of esters is 1. The number of carbonyl (C=O) groups excluding carboxylic acids is 4. The minimum atomic E-state index is -0.737. The molecule has 3 atom stereocenters. The van der Waals surface area contributed by atoms with E-state index in [1.165, 1.54) is 17.0 Å². The highest BCUT2D eigenvalue weighted by Crippen LogP contribution is 2.42. The molecule has 7 nitrogen and oxygen atoms in total. The highest BCUT2D eigenvalue weighted by atomic mass is 79.9. The van der Waals surface area contributed by atoms with Crippen molar-refractivity contribution in [1.29, 1.82) is 0 Å². The maximum atomic E-state index is 12.9. The molecule has 2 aliphatic rings. The zero-order chi connectivity index (χ0) is 23.7. The van der Waals surface area contributed by atoms with Gasteiger partial charge in [0.15, 0.2) is 6.61 Å². The van der Waals surface area contributed by atoms with Crippen LogP contribution in [0.1, 0.15) is 36.5 Å². The van der Waals surface area contributed by atoms with E-state index in [-0.39, 0.29) is 29.2 Å². The van der Waals surface area contributed by atoms with Crippen LogP contribution in [0, 0.1) is 17.8 Å². The number of rotatable bonds is 5. The van der Waals surface area contributed by atoms with Gasteiger partial charge in [-0.3, -0.25) is 19.3 Å². The second-order valence-electron chi connectivity index (χ2n) is 8.44. The molecule has 4 rings (SSSR count). The quantitative estimate of drug-likeness (QED) is 0.439. The lowest BCUT2D eigenvalue weighted by molar-refractivity contribution is -0.122. The third-order valence-electron chi connectivity index (χ3n) is 6.07. The van der Waals surface area contributed by atoms with E-state index < -0.39 is 18.5 Å². The van der Waals surface area contributed by atoms with Gasteiger partial charge in [-0.15, -0.1) is 0 Å². The minimum Gasteiger partial charge on any atom is -0.452 e. The van der Waals surface area contributed by atoms with Crippen molar-refractivity contribution in [2.75, 3.05) is 16.8 Å². The van der Waals surface area contributed by atoms with Crippen LogP contribution in [0.15, 0.2) is 46.9 Å². The molecule has 2 aromatic rings. The predicted molar refractivity (Wildman–Crippen MR) is 127 cm³/mol. The molecule has 0 spiro atoms. The molecule has 33 heavy (non-hydrogen) atoms. The van der Waals surface area contributed by atoms with E-state index in [4.69, 9.17) is 16.3 Å². The summed E-state index contributed by atoms with van der Waals surface area (Å²) in [7, 11) is 0. The van der Waals surface area contributed by atoms with Crippen LogP contribution in [0.25, 0.3) is 0 Å². The number of amides is 3. The minimum absolute atomic E-state index is 0.144. The van der Waals surface area contributed by atoms with E-state index >= 15 is 0 Å². The average molecular weight is 534 g/mol. The van der Waals surface area contributed by atoms with Crippen LogP contribution < -0.4 is 10.2 Å². The van der Waals surface area contributed by atoms with E-state index in [0.29, 0.717) is 35.2 Å². The smallest absolute Gasteiger partial charge is 0.338 e. The summed E-state index contributed by atoms with van der Waals surface area (Å²) in [5.41, 5.74) is 0.878. The standard InChI is InChI=1S/C24H22BrClN2O5/c1-13-5-7-17-18(9-13)23(31)28(22(17)30)16-4-2-3-14(10-16)24(32)33-12-21(29)27-20-8-6-15(25)11-19(20)26/h2-4,6,8,10-11,13,17-18H,5,7,9,12H2,1H3,(H,27,29)/t13-,17-,18-/m1/s1. The molecule has 9 heteroatoms. The molecule has 0 bridgehead atoms. The number of halogens is 2. The van der Waals surface area contributed by atoms with Crippen molar-refractivity contribution >= 4 is 62.6 Å². The fourth-order valence-corrected chi connectivity index (χ4v) is 5.13. The van der Waals surface area contributed by atoms with Gasteiger partial charge < -0.3 is 10.1 Å². The maximum absolute atomic E-state index is 12.9. The van der Waals surface area contributed by atoms with Gasteiger partial charge in [0.25, 0.3) is 5.91 Å². The molecular formula is C24H22BrClN2O5. The number of fused-ring (bicyclic) bond motifs is 1. The molecular weight excluding hydrogens is 512 g/mol. The van der Waals surface area contributed by atoms with Crippen molar-refractivity contribution in [3.63, 3.8) is 0 Å². The van der Waals surface area contributed by atoms with Crippen molar-refractivity contribution in [2.24, 2.45) is 17.8 Å². The Labute approximate surface area is 204 Å². The van der Waals surface area contributed by atoms with Gasteiger partial charge in [-0.1, -0.05) is 40.5 Å². The molecule has 1 saturated heterocycles. The normalized spacial score (nSPS) is 22.2. The Bertz CT molecular complexity index is 1140. The first-order valence-corrected chi connectivity index (χ1v) is 11.8. The van der Waals surface area contributed by atoms with E-state index in [1.807, 2.05) is 0 Å². The number of nitrogens with one attached hydrogen (secondary N) is 1. The molecule has 0 unspecified atom stereocenters. The number of nitrogens with zero attached hydrogens (tertiary/aromatic N) is 1. The number of anilines is 2. The fraction of sp³-hybridized carbons (Fsp3) is 0.333. The maximum Gasteiger partial charge on any atom is 0.338 e. The van der Waals surface area contributed by atoms with E-state index in [0.717, 1.165) is 10.9 Å². The van der Waals surface area contributed by atoms with Crippen LogP contribution >= 0.6 is 27.5 Å². The van der Waals surface area contributed by atoms with Crippen LogP contribution in [0.3, 0.4) is 0 Å². The molecule has 1 aliphatic heterocycles. The second-order valence-corrected chi connectivity index (χ2v) is 9.76. The predicted octanol–water partition coefficient (Wildman–Crippen LogP) is 4.82. The highest BCUT2D eigenvalue weighted by molar-refractivity contribution is 9.10. The van der Waals surface area contributed by atoms with Crippen LogP contribution in [-0.4, -0.2) is 30.3 Å². The molecule has 0 radical (unpaired) electrons. The summed E-state index contributed by atoms with van der Waals surface area (Å²) in [5, 5.41) is 2.92. The van der Waals surface area contributed by atoms with Crippen molar-refractivity contribution in [3.05, 3.63) is 57.5 Å². The first kappa shape index (κ1) is 23.4. The summed E-state index contributed by atoms with van der Waals surface area (Å²) in [6, 6.07) is 11.1. The van der Waals surface area contributed by atoms with Crippen LogP contribution in [0.2, 0.25) is 5.02 Å². The largest absolute Gasteiger partial charge is 0.452 e. The highest BCUT2D eigenvalue weighted by Gasteiger charge is 2.50. The van der Waals surface area contributed by atoms with Gasteiger partial charge in [0.05, 0.1) is 33.8 Å². The Morgan fingerprint density at radius 3 is 2.64 bits per heavy atom. The zero-order valence-electron chi connectivity index (χ0n) is 17.8. The number of carbonyl (C=O) groups is 4. The lowest BCUT2D eigenvalue weighted by atomic mass is 9.76. The van der Waals surface area contributed by atoms with Crippen molar-refractivity contribution in [2.45, 2.75) is 26.2 Å². The Balaban J connectivity index is 1.41. The first-order valence-electron chi connectivity index (χ1n) is 10.6. The molecule has 0 aromatic heterocycles. The fourth-order valence-electron chi connectivity index (χ4n) is 4.41. The Morgan fingerprint density at radius 1 is 1.12 bits per heavy atom. The number of imide groups is 1. The lowest BCUT2D eigenvalue weighted by Crippen LogP contribution is -2.31. The molecule has 2 aromatic carbocycles. The van der Waals surface area contributed by atoms with Gasteiger partial charge in [-0.25, -0.2) is 4.79 Å². The van der Waals surface area contributed by atoms with Crippen LogP contribution in [-0.2, 0) is 19.1 Å². The first-order chi connectivity index (χ1) is 15.7. The SMILES string of the molecule is C[C@@H]1CC[C@H]2C(=O)N(c3cccc(C(=O)OCC(=O)Nc4ccc(Br)cc4Cl)c3)C(=O)[C@@H]2C1. The van der Waals surface area contributed by atoms with Crippen molar-refractivity contribution in [3.8, 4) is 0 Å².